The molecule has 0 radical (unpaired) electrons. The molecule has 4 nitrogen and oxygen atoms in total. The molecule has 0 aliphatic heterocycles. The number of hydrogen-bond acceptors (Lipinski definition) is 5. The van der Waals surface area contributed by atoms with Gasteiger partial charge >= 0.3 is 0 Å². The zero-order chi connectivity index (χ0) is 13.3. The normalized spacial score (nSPS) is 9.84. The molecule has 1 aromatic heterocycles. The lowest BCUT2D eigenvalue weighted by Crippen LogP contribution is -1.99. The first-order chi connectivity index (χ1) is 9.38. The lowest BCUT2D eigenvalue weighted by Gasteiger charge is -2.05. The predicted octanol–water partition coefficient (Wildman–Crippen LogP) is 2.91. The molecule has 0 aliphatic carbocycles. The van der Waals surface area contributed by atoms with Crippen LogP contribution in [0.1, 0.15) is 12.0 Å². The Morgan fingerprint density at radius 3 is 2.84 bits per heavy atom. The van der Waals surface area contributed by atoms with Gasteiger partial charge in [-0.25, -0.2) is 9.97 Å². The van der Waals surface area contributed by atoms with Gasteiger partial charge in [-0.2, -0.15) is 5.26 Å². The molecule has 1 aromatic carbocycles. The molecular formula is C14H13N3OS. The van der Waals surface area contributed by atoms with E-state index in [1.54, 1.807) is 42.4 Å². The van der Waals surface area contributed by atoms with Crippen molar-refractivity contribution in [1.29, 1.82) is 5.26 Å². The Labute approximate surface area is 116 Å². The second-order valence-electron chi connectivity index (χ2n) is 3.72. The standard InChI is InChI=1S/C14H13N3OS/c15-11-12-4-1-5-13(10-12)18-8-3-9-19-14-16-6-2-7-17-14/h1-2,4-7,10H,3,8-9H2. The number of nitrogens with zero attached hydrogens (tertiary/aromatic N) is 3. The second-order valence-corrected chi connectivity index (χ2v) is 4.78. The number of aromatic nitrogens is 2. The Morgan fingerprint density at radius 2 is 2.05 bits per heavy atom. The lowest BCUT2D eigenvalue weighted by molar-refractivity contribution is 0.318. The highest BCUT2D eigenvalue weighted by molar-refractivity contribution is 7.99. The van der Waals surface area contributed by atoms with E-state index in [1.807, 2.05) is 12.1 Å². The average molecular weight is 271 g/mol. The Kier molecular flexibility index (Phi) is 5.20. The highest BCUT2D eigenvalue weighted by atomic mass is 32.2. The first kappa shape index (κ1) is 13.4. The van der Waals surface area contributed by atoms with E-state index >= 15 is 0 Å². The van der Waals surface area contributed by atoms with Crippen LogP contribution in [-0.2, 0) is 0 Å². The van der Waals surface area contributed by atoms with E-state index in [-0.39, 0.29) is 0 Å². The molecule has 2 rings (SSSR count). The zero-order valence-electron chi connectivity index (χ0n) is 10.3. The SMILES string of the molecule is N#Cc1cccc(OCCCSc2ncccn2)c1. The fourth-order valence-corrected chi connectivity index (χ4v) is 2.14. The molecule has 0 atom stereocenters. The Balaban J connectivity index is 1.68. The topological polar surface area (TPSA) is 58.8 Å². The third-order valence-electron chi connectivity index (χ3n) is 2.29. The third kappa shape index (κ3) is 4.60. The second kappa shape index (κ2) is 7.39. The first-order valence-electron chi connectivity index (χ1n) is 5.91. The van der Waals surface area contributed by atoms with E-state index < -0.39 is 0 Å². The van der Waals surface area contributed by atoms with Gasteiger partial charge in [-0.15, -0.1) is 0 Å². The number of rotatable bonds is 6. The minimum Gasteiger partial charge on any atom is -0.494 e. The van der Waals surface area contributed by atoms with Crippen molar-refractivity contribution in [3.05, 3.63) is 48.3 Å². The molecular weight excluding hydrogens is 258 g/mol. The maximum atomic E-state index is 8.77. The summed E-state index contributed by atoms with van der Waals surface area (Å²) in [5.74, 6) is 1.64. The molecule has 0 spiro atoms. The van der Waals surface area contributed by atoms with E-state index in [0.29, 0.717) is 12.2 Å². The van der Waals surface area contributed by atoms with Crippen LogP contribution in [0.25, 0.3) is 0 Å². The highest BCUT2D eigenvalue weighted by Crippen LogP contribution is 2.15. The molecule has 0 saturated heterocycles. The Bertz CT molecular complexity index is 554. The van der Waals surface area contributed by atoms with E-state index in [2.05, 4.69) is 16.0 Å². The molecule has 19 heavy (non-hydrogen) atoms. The van der Waals surface area contributed by atoms with Crippen molar-refractivity contribution < 1.29 is 4.74 Å². The van der Waals surface area contributed by atoms with Crippen molar-refractivity contribution >= 4 is 11.8 Å². The van der Waals surface area contributed by atoms with Gasteiger partial charge in [-0.05, 0) is 30.7 Å². The van der Waals surface area contributed by atoms with Gasteiger partial charge in [0, 0.05) is 18.1 Å². The summed E-state index contributed by atoms with van der Waals surface area (Å²) in [6.07, 6.45) is 4.37. The molecule has 2 aromatic rings. The van der Waals surface area contributed by atoms with E-state index in [0.717, 1.165) is 23.1 Å². The summed E-state index contributed by atoms with van der Waals surface area (Å²) in [6, 6.07) is 11.1. The summed E-state index contributed by atoms with van der Waals surface area (Å²) in [7, 11) is 0. The molecule has 5 heteroatoms. The molecule has 96 valence electrons. The summed E-state index contributed by atoms with van der Waals surface area (Å²) >= 11 is 1.61. The molecule has 1 heterocycles. The molecule has 0 bridgehead atoms. The van der Waals surface area contributed by atoms with Crippen LogP contribution in [-0.4, -0.2) is 22.3 Å². The van der Waals surface area contributed by atoms with Crippen LogP contribution in [0.4, 0.5) is 0 Å². The fraction of sp³-hybridized carbons (Fsp3) is 0.214. The van der Waals surface area contributed by atoms with Crippen LogP contribution in [0.5, 0.6) is 5.75 Å². The quantitative estimate of drug-likeness (QED) is 0.459. The largest absolute Gasteiger partial charge is 0.494 e. The molecule has 0 saturated carbocycles. The molecule has 0 amide bonds. The van der Waals surface area contributed by atoms with E-state index in [4.69, 9.17) is 10.00 Å². The van der Waals surface area contributed by atoms with Crippen molar-refractivity contribution in [3.63, 3.8) is 0 Å². The smallest absolute Gasteiger partial charge is 0.187 e. The first-order valence-corrected chi connectivity index (χ1v) is 6.90. The number of benzene rings is 1. The summed E-state index contributed by atoms with van der Waals surface area (Å²) in [4.78, 5) is 8.26. The minimum atomic E-state index is 0.615. The molecule has 0 N–H and O–H groups in total. The lowest BCUT2D eigenvalue weighted by atomic mass is 10.2. The Hall–Kier alpha value is -2.06. The van der Waals surface area contributed by atoms with Crippen molar-refractivity contribution in [2.24, 2.45) is 0 Å². The maximum absolute atomic E-state index is 8.77. The van der Waals surface area contributed by atoms with Crippen LogP contribution in [0, 0.1) is 11.3 Å². The van der Waals surface area contributed by atoms with Crippen LogP contribution >= 0.6 is 11.8 Å². The Morgan fingerprint density at radius 1 is 1.21 bits per heavy atom. The van der Waals surface area contributed by atoms with Gasteiger partial charge in [0.2, 0.25) is 0 Å². The van der Waals surface area contributed by atoms with Crippen LogP contribution < -0.4 is 4.74 Å². The summed E-state index contributed by atoms with van der Waals surface area (Å²) in [6.45, 7) is 0.620. The van der Waals surface area contributed by atoms with Gasteiger partial charge in [0.15, 0.2) is 5.16 Å². The van der Waals surface area contributed by atoms with Crippen molar-refractivity contribution in [2.75, 3.05) is 12.4 Å². The van der Waals surface area contributed by atoms with E-state index in [9.17, 15) is 0 Å². The third-order valence-corrected chi connectivity index (χ3v) is 3.26. The van der Waals surface area contributed by atoms with E-state index in [1.165, 1.54) is 0 Å². The number of thioether (sulfide) groups is 1. The van der Waals surface area contributed by atoms with Gasteiger partial charge in [-0.3, -0.25) is 0 Å². The van der Waals surface area contributed by atoms with Crippen LogP contribution in [0.3, 0.4) is 0 Å². The molecule has 0 unspecified atom stereocenters. The van der Waals surface area contributed by atoms with Crippen LogP contribution in [0.15, 0.2) is 47.9 Å². The summed E-state index contributed by atoms with van der Waals surface area (Å²) in [5, 5.41) is 9.56. The van der Waals surface area contributed by atoms with Crippen LogP contribution in [0.2, 0.25) is 0 Å². The predicted molar refractivity (Wildman–Crippen MR) is 74.0 cm³/mol. The zero-order valence-corrected chi connectivity index (χ0v) is 11.1. The monoisotopic (exact) mass is 271 g/mol. The van der Waals surface area contributed by atoms with Crippen molar-refractivity contribution in [2.45, 2.75) is 11.6 Å². The van der Waals surface area contributed by atoms with Gasteiger partial charge in [-0.1, -0.05) is 17.8 Å². The average Bonchev–Trinajstić information content (AvgIpc) is 2.48. The fourth-order valence-electron chi connectivity index (χ4n) is 1.43. The molecule has 0 fully saturated rings. The van der Waals surface area contributed by atoms with Gasteiger partial charge < -0.3 is 4.74 Å². The molecule has 0 aliphatic rings. The highest BCUT2D eigenvalue weighted by Gasteiger charge is 1.98. The van der Waals surface area contributed by atoms with Gasteiger partial charge in [0.1, 0.15) is 5.75 Å². The van der Waals surface area contributed by atoms with Gasteiger partial charge in [0.25, 0.3) is 0 Å². The van der Waals surface area contributed by atoms with Crippen molar-refractivity contribution in [3.8, 4) is 11.8 Å². The number of ether oxygens (including phenoxy) is 1. The number of nitriles is 1. The van der Waals surface area contributed by atoms with Crippen molar-refractivity contribution in [1.82, 2.24) is 9.97 Å². The summed E-state index contributed by atoms with van der Waals surface area (Å²) in [5.41, 5.74) is 0.615. The number of hydrogen-bond donors (Lipinski definition) is 0. The summed E-state index contributed by atoms with van der Waals surface area (Å²) < 4.78 is 5.58. The maximum Gasteiger partial charge on any atom is 0.187 e. The van der Waals surface area contributed by atoms with Gasteiger partial charge in [0.05, 0.1) is 18.2 Å². The minimum absolute atomic E-state index is 0.615.